The van der Waals surface area contributed by atoms with Gasteiger partial charge in [0.25, 0.3) is 5.91 Å². The number of rotatable bonds is 3. The maximum Gasteiger partial charge on any atom is 0.311 e. The van der Waals surface area contributed by atoms with Gasteiger partial charge < -0.3 is 5.32 Å². The fourth-order valence-corrected chi connectivity index (χ4v) is 1.75. The van der Waals surface area contributed by atoms with Crippen LogP contribution in [0.1, 0.15) is 10.4 Å². The van der Waals surface area contributed by atoms with Crippen molar-refractivity contribution in [3.8, 4) is 0 Å². The predicted octanol–water partition coefficient (Wildman–Crippen LogP) is 3.69. The molecule has 0 saturated carbocycles. The van der Waals surface area contributed by atoms with Gasteiger partial charge in [0.05, 0.1) is 9.95 Å². The standard InChI is InChI=1S/C12H6Cl2FN3O3/c13-7-2-1-6(5-8(7)15)12(19)17-11-9(18(20)21)3-4-10(14)16-11/h1-5H,(H,16,17,19). The van der Waals surface area contributed by atoms with Gasteiger partial charge in [0, 0.05) is 11.6 Å². The minimum Gasteiger partial charge on any atom is -0.301 e. The first-order valence-corrected chi connectivity index (χ1v) is 6.21. The summed E-state index contributed by atoms with van der Waals surface area (Å²) in [6.07, 6.45) is 0. The maximum absolute atomic E-state index is 13.3. The minimum absolute atomic E-state index is 0.0295. The third-order valence-electron chi connectivity index (χ3n) is 2.45. The Kier molecular flexibility index (Phi) is 4.35. The molecule has 0 fully saturated rings. The number of carbonyl (C=O) groups is 1. The van der Waals surface area contributed by atoms with Crippen molar-refractivity contribution in [1.82, 2.24) is 4.98 Å². The van der Waals surface area contributed by atoms with E-state index < -0.39 is 22.3 Å². The van der Waals surface area contributed by atoms with Gasteiger partial charge in [0.15, 0.2) is 0 Å². The largest absolute Gasteiger partial charge is 0.311 e. The van der Waals surface area contributed by atoms with Crippen LogP contribution >= 0.6 is 23.2 Å². The lowest BCUT2D eigenvalue weighted by molar-refractivity contribution is -0.384. The Balaban J connectivity index is 2.33. The molecule has 6 nitrogen and oxygen atoms in total. The molecule has 0 bridgehead atoms. The van der Waals surface area contributed by atoms with Crippen molar-refractivity contribution < 1.29 is 14.1 Å². The van der Waals surface area contributed by atoms with E-state index in [9.17, 15) is 19.3 Å². The van der Waals surface area contributed by atoms with Crippen LogP contribution in [-0.2, 0) is 0 Å². The van der Waals surface area contributed by atoms with Crippen molar-refractivity contribution >= 4 is 40.6 Å². The Morgan fingerprint density at radius 1 is 1.29 bits per heavy atom. The lowest BCUT2D eigenvalue weighted by Gasteiger charge is -2.06. The van der Waals surface area contributed by atoms with Crippen LogP contribution in [0, 0.1) is 15.9 Å². The minimum atomic E-state index is -0.780. The number of halogens is 3. The van der Waals surface area contributed by atoms with Gasteiger partial charge >= 0.3 is 5.69 Å². The molecule has 0 saturated heterocycles. The highest BCUT2D eigenvalue weighted by Crippen LogP contribution is 2.25. The van der Waals surface area contributed by atoms with E-state index in [1.165, 1.54) is 18.2 Å². The van der Waals surface area contributed by atoms with E-state index in [0.29, 0.717) is 0 Å². The molecule has 0 unspecified atom stereocenters. The molecule has 2 rings (SSSR count). The van der Waals surface area contributed by atoms with Crippen LogP contribution in [0.4, 0.5) is 15.9 Å². The van der Waals surface area contributed by atoms with Gasteiger partial charge in [-0.05, 0) is 24.3 Å². The number of nitrogens with zero attached hydrogens (tertiary/aromatic N) is 2. The summed E-state index contributed by atoms with van der Waals surface area (Å²) in [6, 6.07) is 5.71. The second kappa shape index (κ2) is 6.02. The van der Waals surface area contributed by atoms with Gasteiger partial charge in [0.1, 0.15) is 11.0 Å². The van der Waals surface area contributed by atoms with Crippen LogP contribution in [-0.4, -0.2) is 15.8 Å². The molecular weight excluding hydrogens is 324 g/mol. The first kappa shape index (κ1) is 15.1. The smallest absolute Gasteiger partial charge is 0.301 e. The topological polar surface area (TPSA) is 85.1 Å². The van der Waals surface area contributed by atoms with Crippen molar-refractivity contribution in [3.05, 3.63) is 62.0 Å². The van der Waals surface area contributed by atoms with Crippen LogP contribution in [0.25, 0.3) is 0 Å². The van der Waals surface area contributed by atoms with E-state index in [1.54, 1.807) is 0 Å². The molecule has 0 aliphatic rings. The first-order valence-electron chi connectivity index (χ1n) is 5.46. The molecule has 21 heavy (non-hydrogen) atoms. The Bertz CT molecular complexity index is 740. The molecule has 108 valence electrons. The van der Waals surface area contributed by atoms with Gasteiger partial charge in [-0.1, -0.05) is 23.2 Å². The van der Waals surface area contributed by atoms with Crippen LogP contribution in [0.3, 0.4) is 0 Å². The summed E-state index contributed by atoms with van der Waals surface area (Å²) in [5.74, 6) is -1.88. The third-order valence-corrected chi connectivity index (χ3v) is 2.97. The molecule has 0 aliphatic carbocycles. The Morgan fingerprint density at radius 3 is 2.62 bits per heavy atom. The molecule has 2 aromatic rings. The first-order chi connectivity index (χ1) is 9.88. The van der Waals surface area contributed by atoms with E-state index in [0.717, 1.165) is 12.1 Å². The van der Waals surface area contributed by atoms with Crippen molar-refractivity contribution in [1.29, 1.82) is 0 Å². The number of pyridine rings is 1. The molecule has 1 aromatic carbocycles. The molecule has 1 N–H and O–H groups in total. The third kappa shape index (κ3) is 3.45. The van der Waals surface area contributed by atoms with E-state index in [-0.39, 0.29) is 21.6 Å². The average molecular weight is 330 g/mol. The van der Waals surface area contributed by atoms with E-state index in [4.69, 9.17) is 23.2 Å². The summed E-state index contributed by atoms with van der Waals surface area (Å²) in [4.78, 5) is 25.7. The highest BCUT2D eigenvalue weighted by Gasteiger charge is 2.19. The zero-order chi connectivity index (χ0) is 15.6. The van der Waals surface area contributed by atoms with Crippen molar-refractivity contribution in [3.63, 3.8) is 0 Å². The van der Waals surface area contributed by atoms with Gasteiger partial charge in [0.2, 0.25) is 5.82 Å². The molecule has 1 amide bonds. The molecule has 1 aromatic heterocycles. The normalized spacial score (nSPS) is 10.2. The van der Waals surface area contributed by atoms with E-state index >= 15 is 0 Å². The summed E-state index contributed by atoms with van der Waals surface area (Å²) in [5, 5.41) is 12.9. The summed E-state index contributed by atoms with van der Waals surface area (Å²) in [7, 11) is 0. The number of anilines is 1. The second-order valence-corrected chi connectivity index (χ2v) is 4.64. The number of hydrogen-bond donors (Lipinski definition) is 1. The van der Waals surface area contributed by atoms with E-state index in [1.807, 2.05) is 0 Å². The Morgan fingerprint density at radius 2 is 2.00 bits per heavy atom. The molecule has 0 aliphatic heterocycles. The van der Waals surface area contributed by atoms with Gasteiger partial charge in [-0.15, -0.1) is 0 Å². The van der Waals surface area contributed by atoms with Crippen LogP contribution < -0.4 is 5.32 Å². The monoisotopic (exact) mass is 329 g/mol. The molecule has 0 spiro atoms. The average Bonchev–Trinajstić information content (AvgIpc) is 2.41. The van der Waals surface area contributed by atoms with Gasteiger partial charge in [-0.2, -0.15) is 0 Å². The SMILES string of the molecule is O=C(Nc1nc(Cl)ccc1[N+](=O)[O-])c1ccc(Cl)c(F)c1. The number of aromatic nitrogens is 1. The van der Waals surface area contributed by atoms with Crippen LogP contribution in [0.5, 0.6) is 0 Å². The van der Waals surface area contributed by atoms with Crippen molar-refractivity contribution in [2.45, 2.75) is 0 Å². The van der Waals surface area contributed by atoms with Gasteiger partial charge in [-0.25, -0.2) is 9.37 Å². The van der Waals surface area contributed by atoms with Crippen molar-refractivity contribution in [2.75, 3.05) is 5.32 Å². The summed E-state index contributed by atoms with van der Waals surface area (Å²) in [6.45, 7) is 0. The maximum atomic E-state index is 13.3. The van der Waals surface area contributed by atoms with E-state index in [2.05, 4.69) is 10.3 Å². The van der Waals surface area contributed by atoms with Gasteiger partial charge in [-0.3, -0.25) is 14.9 Å². The number of amides is 1. The Labute approximate surface area is 127 Å². The number of nitro groups is 1. The highest BCUT2D eigenvalue weighted by atomic mass is 35.5. The number of hydrogen-bond acceptors (Lipinski definition) is 4. The van der Waals surface area contributed by atoms with Crippen molar-refractivity contribution in [2.24, 2.45) is 0 Å². The zero-order valence-electron chi connectivity index (χ0n) is 10.1. The molecule has 1 heterocycles. The molecular formula is C12H6Cl2FN3O3. The quantitative estimate of drug-likeness (QED) is 0.528. The molecule has 0 atom stereocenters. The number of nitrogens with one attached hydrogen (secondary N) is 1. The Hall–Kier alpha value is -2.25. The number of carbonyl (C=O) groups excluding carboxylic acids is 1. The van der Waals surface area contributed by atoms with Crippen LogP contribution in [0.15, 0.2) is 30.3 Å². The molecule has 0 radical (unpaired) electrons. The summed E-state index contributed by atoms with van der Waals surface area (Å²) >= 11 is 11.1. The fourth-order valence-electron chi connectivity index (χ4n) is 1.48. The summed E-state index contributed by atoms with van der Waals surface area (Å²) in [5.41, 5.74) is -0.491. The predicted molar refractivity (Wildman–Crippen MR) is 75.3 cm³/mol. The lowest BCUT2D eigenvalue weighted by atomic mass is 10.2. The summed E-state index contributed by atoms with van der Waals surface area (Å²) < 4.78 is 13.3. The zero-order valence-corrected chi connectivity index (χ0v) is 11.7. The second-order valence-electron chi connectivity index (χ2n) is 3.84. The van der Waals surface area contributed by atoms with Crippen LogP contribution in [0.2, 0.25) is 10.2 Å². The fraction of sp³-hybridized carbons (Fsp3) is 0. The lowest BCUT2D eigenvalue weighted by Crippen LogP contribution is -2.14. The molecule has 9 heteroatoms. The highest BCUT2D eigenvalue weighted by molar-refractivity contribution is 6.31. The number of benzene rings is 1.